The Morgan fingerprint density at radius 3 is 2.71 bits per heavy atom. The molecule has 1 unspecified atom stereocenters. The Balaban J connectivity index is 1.20. The van der Waals surface area contributed by atoms with Crippen molar-refractivity contribution in [3.8, 4) is 34.8 Å². The van der Waals surface area contributed by atoms with E-state index in [9.17, 15) is 20.0 Å². The third-order valence-electron chi connectivity index (χ3n) is 13.6. The van der Waals surface area contributed by atoms with Gasteiger partial charge < -0.3 is 33.2 Å². The molecule has 14 heteroatoms. The molecule has 288 valence electrons. The number of fused-ring (bicyclic) bond motifs is 11. The molecule has 1 spiro atoms. The highest BCUT2D eigenvalue weighted by atomic mass is 32.2. The van der Waals surface area contributed by atoms with Gasteiger partial charge in [0.25, 0.3) is 0 Å². The van der Waals surface area contributed by atoms with Gasteiger partial charge in [-0.05, 0) is 50.5 Å². The zero-order chi connectivity index (χ0) is 38.6. The lowest BCUT2D eigenvalue weighted by atomic mass is 9.72. The van der Waals surface area contributed by atoms with Crippen LogP contribution in [0.25, 0.3) is 11.0 Å². The van der Waals surface area contributed by atoms with Crippen LogP contribution in [0.5, 0.6) is 28.7 Å². The second kappa shape index (κ2) is 11.3. The first-order chi connectivity index (χ1) is 27.0. The number of methoxy groups -OCH3 is 1. The van der Waals surface area contributed by atoms with E-state index in [4.69, 9.17) is 28.1 Å². The summed E-state index contributed by atoms with van der Waals surface area (Å²) in [7, 11) is 1.56. The van der Waals surface area contributed by atoms with Crippen LogP contribution in [-0.4, -0.2) is 77.8 Å². The van der Waals surface area contributed by atoms with Gasteiger partial charge in [0, 0.05) is 77.0 Å². The van der Waals surface area contributed by atoms with Gasteiger partial charge in [0.1, 0.15) is 29.2 Å². The molecule has 1 aromatic heterocycles. The highest BCUT2D eigenvalue weighted by Crippen LogP contribution is 2.71. The first kappa shape index (κ1) is 34.3. The summed E-state index contributed by atoms with van der Waals surface area (Å²) in [4.78, 5) is 32.5. The van der Waals surface area contributed by atoms with Crippen LogP contribution in [0.15, 0.2) is 34.7 Å². The summed E-state index contributed by atoms with van der Waals surface area (Å²) in [5.74, 6) is 1.57. The van der Waals surface area contributed by atoms with Crippen LogP contribution in [-0.2, 0) is 31.8 Å². The summed E-state index contributed by atoms with van der Waals surface area (Å²) in [5.41, 5.74) is 3.24. The van der Waals surface area contributed by atoms with Gasteiger partial charge in [0.2, 0.25) is 6.79 Å². The van der Waals surface area contributed by atoms with Crippen LogP contribution in [0.1, 0.15) is 82.3 Å². The first-order valence-corrected chi connectivity index (χ1v) is 20.1. The van der Waals surface area contributed by atoms with Crippen molar-refractivity contribution in [1.82, 2.24) is 15.1 Å². The number of nitriles is 1. The smallest absolute Gasteiger partial charge is 0.335 e. The normalized spacial score (nSPS) is 32.0. The number of para-hydroxylation sites is 1. The Hall–Kier alpha value is -4.94. The van der Waals surface area contributed by atoms with Crippen LogP contribution >= 0.6 is 11.8 Å². The SMILES string of the molecule is COc1c(C)cc2c(c1O)[C@@H]1[C@@H]3[C@@H]4SC[C@]5(NCCc6c5oc5ccccc65)C(=O)OC[C@@H](c5c6c(c(C)c(OC(C)=O)c54)OCO6)N3[C@@]3(C#N)CN1C2(C)C3. The summed E-state index contributed by atoms with van der Waals surface area (Å²) in [6, 6.07) is 11.1. The Kier molecular flexibility index (Phi) is 6.95. The van der Waals surface area contributed by atoms with Crippen molar-refractivity contribution in [3.05, 3.63) is 75.0 Å². The lowest BCUT2D eigenvalue weighted by Gasteiger charge is -2.58. The molecule has 3 fully saturated rings. The number of hydrogen-bond donors (Lipinski definition) is 2. The zero-order valence-corrected chi connectivity index (χ0v) is 32.4. The highest BCUT2D eigenvalue weighted by molar-refractivity contribution is 7.99. The van der Waals surface area contributed by atoms with Gasteiger partial charge in [-0.2, -0.15) is 5.26 Å². The first-order valence-electron chi connectivity index (χ1n) is 19.0. The van der Waals surface area contributed by atoms with E-state index in [1.807, 2.05) is 38.1 Å². The van der Waals surface area contributed by atoms with Gasteiger partial charge in [0.05, 0.1) is 30.5 Å². The number of rotatable bonds is 2. The summed E-state index contributed by atoms with van der Waals surface area (Å²) < 4.78 is 37.5. The van der Waals surface area contributed by atoms with E-state index < -0.39 is 51.9 Å². The molecule has 4 bridgehead atoms. The molecule has 0 saturated carbocycles. The molecule has 9 heterocycles. The Morgan fingerprint density at radius 1 is 1.12 bits per heavy atom. The number of ether oxygens (including phenoxy) is 5. The van der Waals surface area contributed by atoms with Gasteiger partial charge in [-0.15, -0.1) is 11.8 Å². The molecule has 4 aromatic rings. The Morgan fingerprint density at radius 2 is 1.93 bits per heavy atom. The predicted octanol–water partition coefficient (Wildman–Crippen LogP) is 5.47. The molecular weight excluding hydrogens is 737 g/mol. The third kappa shape index (κ3) is 4.01. The van der Waals surface area contributed by atoms with E-state index in [-0.39, 0.29) is 24.9 Å². The molecule has 0 radical (unpaired) electrons. The van der Waals surface area contributed by atoms with E-state index in [1.54, 1.807) is 7.11 Å². The fraction of sp³-hybridized carbons (Fsp3) is 0.452. The number of aryl methyl sites for hydroxylation is 1. The van der Waals surface area contributed by atoms with Crippen LogP contribution < -0.4 is 24.3 Å². The minimum absolute atomic E-state index is 0.0417. The number of benzene rings is 3. The number of nitrogens with one attached hydrogen (secondary N) is 1. The maximum Gasteiger partial charge on any atom is 0.335 e. The quantitative estimate of drug-likeness (QED) is 0.195. The fourth-order valence-electron chi connectivity index (χ4n) is 11.6. The van der Waals surface area contributed by atoms with Gasteiger partial charge >= 0.3 is 11.9 Å². The predicted molar refractivity (Wildman–Crippen MR) is 202 cm³/mol. The van der Waals surface area contributed by atoms with Crippen molar-refractivity contribution in [2.45, 2.75) is 80.5 Å². The number of carbonyl (C=O) groups excluding carboxylic acids is 2. The van der Waals surface area contributed by atoms with Crippen molar-refractivity contribution in [2.75, 3.05) is 39.4 Å². The maximum absolute atomic E-state index is 14.9. The number of hydrogen-bond acceptors (Lipinski definition) is 14. The Labute approximate surface area is 326 Å². The second-order valence-corrected chi connectivity index (χ2v) is 17.5. The van der Waals surface area contributed by atoms with Crippen molar-refractivity contribution in [2.24, 2.45) is 0 Å². The lowest BCUT2D eigenvalue weighted by molar-refractivity contribution is -0.157. The van der Waals surface area contributed by atoms with Crippen LogP contribution in [0.3, 0.4) is 0 Å². The zero-order valence-electron chi connectivity index (χ0n) is 31.6. The van der Waals surface area contributed by atoms with Gasteiger partial charge in [-0.1, -0.05) is 18.2 Å². The van der Waals surface area contributed by atoms with Crippen molar-refractivity contribution in [1.29, 1.82) is 5.26 Å². The molecule has 0 amide bonds. The molecule has 13 nitrogen and oxygen atoms in total. The van der Waals surface area contributed by atoms with Crippen LogP contribution in [0.2, 0.25) is 0 Å². The molecule has 2 N–H and O–H groups in total. The number of phenols is 1. The number of nitrogens with zero attached hydrogens (tertiary/aromatic N) is 3. The van der Waals surface area contributed by atoms with Crippen LogP contribution in [0.4, 0.5) is 0 Å². The number of piperazine rings is 1. The number of furan rings is 1. The third-order valence-corrected chi connectivity index (χ3v) is 15.1. The topological polar surface area (TPSA) is 156 Å². The maximum atomic E-state index is 14.9. The van der Waals surface area contributed by atoms with E-state index in [1.165, 1.54) is 18.7 Å². The number of thioether (sulfide) groups is 1. The van der Waals surface area contributed by atoms with E-state index in [0.717, 1.165) is 33.2 Å². The molecule has 3 saturated heterocycles. The van der Waals surface area contributed by atoms with Crippen LogP contribution in [0, 0.1) is 25.2 Å². The highest BCUT2D eigenvalue weighted by Gasteiger charge is 2.72. The lowest BCUT2D eigenvalue weighted by Crippen LogP contribution is -2.67. The standard InChI is InChI=1S/C42H40N4O9S/c1-19-12-24-27(32(48)33(19)50-5)30-31-37-29-28(36-35(52-18-53-36)20(2)34(29)54-21(3)47)25(46(31)41(15-43)14-40(24,4)45(30)16-41)13-51-39(49)42(17-56-37)38-23(10-11-44-42)22-8-6-7-9-26(22)55-38/h6-9,12,25,30-31,37,44,48H,10-11,13-14,16-18H2,1-5H3/t25-,30+,31+,37+,40?,41-,42+/m0/s1. The largest absolute Gasteiger partial charge is 0.504 e. The van der Waals surface area contributed by atoms with Crippen molar-refractivity contribution in [3.63, 3.8) is 0 Å². The number of esters is 2. The van der Waals surface area contributed by atoms with Gasteiger partial charge in [-0.25, -0.2) is 4.79 Å². The monoisotopic (exact) mass is 776 g/mol. The molecule has 7 atom stereocenters. The molecule has 3 aromatic carbocycles. The van der Waals surface area contributed by atoms with E-state index >= 15 is 0 Å². The van der Waals surface area contributed by atoms with Crippen molar-refractivity contribution < 1.29 is 42.8 Å². The minimum atomic E-state index is -1.35. The number of carbonyl (C=O) groups is 2. The average molecular weight is 777 g/mol. The molecular formula is C42H40N4O9S. The molecule has 56 heavy (non-hydrogen) atoms. The van der Waals surface area contributed by atoms with E-state index in [0.29, 0.717) is 71.4 Å². The van der Waals surface area contributed by atoms with Gasteiger partial charge in [-0.3, -0.25) is 19.9 Å². The van der Waals surface area contributed by atoms with Gasteiger partial charge in [0.15, 0.2) is 28.5 Å². The average Bonchev–Trinajstić information content (AvgIpc) is 3.93. The summed E-state index contributed by atoms with van der Waals surface area (Å²) in [6.45, 7) is 8.06. The second-order valence-electron chi connectivity index (χ2n) is 16.4. The Bertz CT molecular complexity index is 2510. The number of phenolic OH excluding ortho intramolecular Hbond substituents is 1. The van der Waals surface area contributed by atoms with Crippen molar-refractivity contribution >= 4 is 34.7 Å². The summed E-state index contributed by atoms with van der Waals surface area (Å²) >= 11 is 1.53. The minimum Gasteiger partial charge on any atom is -0.504 e. The summed E-state index contributed by atoms with van der Waals surface area (Å²) in [5, 5.41) is 27.6. The fourth-order valence-corrected chi connectivity index (χ4v) is 13.2. The van der Waals surface area contributed by atoms with E-state index in [2.05, 4.69) is 34.2 Å². The summed E-state index contributed by atoms with van der Waals surface area (Å²) in [6.07, 6.45) is 1.11. The molecule has 12 rings (SSSR count). The number of aromatic hydroxyl groups is 1. The molecule has 8 aliphatic heterocycles. The molecule has 0 aliphatic carbocycles. The molecule has 8 aliphatic rings.